The smallest absolute Gasteiger partial charge is 0.239 e. The molecule has 2 amide bonds. The van der Waals surface area contributed by atoms with Gasteiger partial charge in [0.15, 0.2) is 0 Å². The van der Waals surface area contributed by atoms with Crippen molar-refractivity contribution in [3.63, 3.8) is 0 Å². The van der Waals surface area contributed by atoms with Gasteiger partial charge in [0, 0.05) is 12.5 Å². The van der Waals surface area contributed by atoms with E-state index in [0.29, 0.717) is 13.2 Å². The molecule has 0 atom stereocenters. The van der Waals surface area contributed by atoms with E-state index in [1.54, 1.807) is 0 Å². The van der Waals surface area contributed by atoms with Crippen LogP contribution in [0.2, 0.25) is 0 Å². The monoisotopic (exact) mass is 380 g/mol. The number of rotatable bonds is 8. The highest BCUT2D eigenvalue weighted by atomic mass is 16.5. The summed E-state index contributed by atoms with van der Waals surface area (Å²) in [4.78, 5) is 23.9. The zero-order valence-electron chi connectivity index (χ0n) is 16.4. The summed E-state index contributed by atoms with van der Waals surface area (Å²) < 4.78 is 5.81. The number of benzene rings is 2. The molecule has 2 N–H and O–H groups in total. The summed E-state index contributed by atoms with van der Waals surface area (Å²) in [5.41, 5.74) is 3.33. The van der Waals surface area contributed by atoms with Crippen molar-refractivity contribution >= 4 is 11.8 Å². The van der Waals surface area contributed by atoms with Crippen LogP contribution in [0.25, 0.3) is 0 Å². The lowest BCUT2D eigenvalue weighted by Crippen LogP contribution is -2.38. The molecule has 1 saturated carbocycles. The molecule has 2 aromatic carbocycles. The van der Waals surface area contributed by atoms with Crippen LogP contribution in [-0.2, 0) is 22.7 Å². The average Bonchev–Trinajstić information content (AvgIpc) is 3.25. The highest BCUT2D eigenvalue weighted by Gasteiger charge is 2.22. The first-order valence-electron chi connectivity index (χ1n) is 9.92. The maximum absolute atomic E-state index is 11.9. The standard InChI is InChI=1S/C23H28N2O3/c1-17-5-4-6-19(13-17)16-28-21-11-9-18(10-12-21)14-24-22(26)15-25-23(27)20-7-2-3-8-20/h4-6,9-13,20H,2-3,7-8,14-16H2,1H3,(H,24,26)(H,25,27). The molecule has 2 aromatic rings. The number of aryl methyl sites for hydroxylation is 1. The molecule has 0 spiro atoms. The molecule has 0 saturated heterocycles. The number of amides is 2. The first-order valence-corrected chi connectivity index (χ1v) is 9.92. The summed E-state index contributed by atoms with van der Waals surface area (Å²) >= 11 is 0. The number of ether oxygens (including phenoxy) is 1. The van der Waals surface area contributed by atoms with E-state index in [1.165, 1.54) is 5.56 Å². The lowest BCUT2D eigenvalue weighted by atomic mass is 10.1. The van der Waals surface area contributed by atoms with E-state index >= 15 is 0 Å². The molecule has 5 nitrogen and oxygen atoms in total. The summed E-state index contributed by atoms with van der Waals surface area (Å²) in [7, 11) is 0. The molecule has 0 bridgehead atoms. The van der Waals surface area contributed by atoms with Crippen LogP contribution in [0.5, 0.6) is 5.75 Å². The van der Waals surface area contributed by atoms with E-state index in [2.05, 4.69) is 29.7 Å². The largest absolute Gasteiger partial charge is 0.489 e. The second-order valence-corrected chi connectivity index (χ2v) is 7.40. The summed E-state index contributed by atoms with van der Waals surface area (Å²) in [6.07, 6.45) is 4.08. The molecule has 5 heteroatoms. The Morgan fingerprint density at radius 3 is 2.46 bits per heavy atom. The summed E-state index contributed by atoms with van der Waals surface area (Å²) in [6, 6.07) is 15.9. The van der Waals surface area contributed by atoms with Gasteiger partial charge in [0.2, 0.25) is 11.8 Å². The van der Waals surface area contributed by atoms with E-state index in [0.717, 1.165) is 42.6 Å². The van der Waals surface area contributed by atoms with Crippen molar-refractivity contribution in [2.45, 2.75) is 45.8 Å². The van der Waals surface area contributed by atoms with Crippen LogP contribution in [0.15, 0.2) is 48.5 Å². The molecular formula is C23H28N2O3. The maximum Gasteiger partial charge on any atom is 0.239 e. The Bertz CT molecular complexity index is 796. The average molecular weight is 380 g/mol. The number of hydrogen-bond acceptors (Lipinski definition) is 3. The van der Waals surface area contributed by atoms with Gasteiger partial charge in [-0.3, -0.25) is 9.59 Å². The fourth-order valence-electron chi connectivity index (χ4n) is 3.44. The quantitative estimate of drug-likeness (QED) is 0.737. The van der Waals surface area contributed by atoms with Crippen molar-refractivity contribution in [1.29, 1.82) is 0 Å². The van der Waals surface area contributed by atoms with Crippen molar-refractivity contribution in [1.82, 2.24) is 10.6 Å². The fraction of sp³-hybridized carbons (Fsp3) is 0.391. The molecular weight excluding hydrogens is 352 g/mol. The Kier molecular flexibility index (Phi) is 7.06. The molecule has 28 heavy (non-hydrogen) atoms. The van der Waals surface area contributed by atoms with Gasteiger partial charge >= 0.3 is 0 Å². The van der Waals surface area contributed by atoms with Crippen LogP contribution in [0.1, 0.15) is 42.4 Å². The third-order valence-corrected chi connectivity index (χ3v) is 5.05. The first-order chi connectivity index (χ1) is 13.6. The predicted molar refractivity (Wildman–Crippen MR) is 109 cm³/mol. The number of carbonyl (C=O) groups is 2. The third kappa shape index (κ3) is 6.12. The van der Waals surface area contributed by atoms with Gasteiger partial charge in [-0.25, -0.2) is 0 Å². The van der Waals surface area contributed by atoms with E-state index in [-0.39, 0.29) is 24.3 Å². The minimum atomic E-state index is -0.175. The minimum Gasteiger partial charge on any atom is -0.489 e. The Labute approximate surface area is 166 Å². The molecule has 0 heterocycles. The second-order valence-electron chi connectivity index (χ2n) is 7.40. The van der Waals surface area contributed by atoms with Crippen LogP contribution in [0, 0.1) is 12.8 Å². The number of hydrogen-bond donors (Lipinski definition) is 2. The zero-order valence-corrected chi connectivity index (χ0v) is 16.4. The van der Waals surface area contributed by atoms with E-state index in [9.17, 15) is 9.59 Å². The van der Waals surface area contributed by atoms with Crippen molar-refractivity contribution in [2.24, 2.45) is 5.92 Å². The van der Waals surface area contributed by atoms with Gasteiger partial charge < -0.3 is 15.4 Å². The maximum atomic E-state index is 11.9. The van der Waals surface area contributed by atoms with Crippen LogP contribution >= 0.6 is 0 Å². The normalized spacial score (nSPS) is 13.9. The molecule has 0 aromatic heterocycles. The highest BCUT2D eigenvalue weighted by molar-refractivity contribution is 5.85. The number of carbonyl (C=O) groups excluding carboxylic acids is 2. The van der Waals surface area contributed by atoms with Crippen LogP contribution < -0.4 is 15.4 Å². The third-order valence-electron chi connectivity index (χ3n) is 5.05. The SMILES string of the molecule is Cc1cccc(COc2ccc(CNC(=O)CNC(=O)C3CCCC3)cc2)c1. The first kappa shape index (κ1) is 19.9. The van der Waals surface area contributed by atoms with Crippen molar-refractivity contribution in [3.8, 4) is 5.75 Å². The molecule has 0 unspecified atom stereocenters. The van der Waals surface area contributed by atoms with Gasteiger partial charge in [0.1, 0.15) is 12.4 Å². The Hall–Kier alpha value is -2.82. The van der Waals surface area contributed by atoms with Crippen LogP contribution in [-0.4, -0.2) is 18.4 Å². The molecule has 0 aliphatic heterocycles. The van der Waals surface area contributed by atoms with Gasteiger partial charge in [0.25, 0.3) is 0 Å². The molecule has 148 valence electrons. The van der Waals surface area contributed by atoms with E-state index in [4.69, 9.17) is 4.74 Å². The fourth-order valence-corrected chi connectivity index (χ4v) is 3.44. The molecule has 1 aliphatic rings. The second kappa shape index (κ2) is 9.93. The molecule has 1 aliphatic carbocycles. The summed E-state index contributed by atoms with van der Waals surface area (Å²) in [5.74, 6) is 0.703. The molecule has 3 rings (SSSR count). The lowest BCUT2D eigenvalue weighted by molar-refractivity contribution is -0.128. The summed E-state index contributed by atoms with van der Waals surface area (Å²) in [6.45, 7) is 3.05. The van der Waals surface area contributed by atoms with Crippen LogP contribution in [0.3, 0.4) is 0 Å². The van der Waals surface area contributed by atoms with Gasteiger partial charge in [0.05, 0.1) is 6.54 Å². The van der Waals surface area contributed by atoms with Gasteiger partial charge in [-0.1, -0.05) is 54.8 Å². The van der Waals surface area contributed by atoms with E-state index < -0.39 is 0 Å². The van der Waals surface area contributed by atoms with Gasteiger partial charge in [-0.15, -0.1) is 0 Å². The predicted octanol–water partition coefficient (Wildman–Crippen LogP) is 3.50. The Morgan fingerprint density at radius 2 is 1.75 bits per heavy atom. The van der Waals surface area contributed by atoms with Gasteiger partial charge in [-0.05, 0) is 43.0 Å². The van der Waals surface area contributed by atoms with Gasteiger partial charge in [-0.2, -0.15) is 0 Å². The van der Waals surface area contributed by atoms with E-state index in [1.807, 2.05) is 36.4 Å². The lowest BCUT2D eigenvalue weighted by Gasteiger charge is -2.11. The van der Waals surface area contributed by atoms with Crippen molar-refractivity contribution in [3.05, 3.63) is 65.2 Å². The summed E-state index contributed by atoms with van der Waals surface area (Å²) in [5, 5.41) is 5.57. The zero-order chi connectivity index (χ0) is 19.8. The van der Waals surface area contributed by atoms with Crippen molar-refractivity contribution < 1.29 is 14.3 Å². The topological polar surface area (TPSA) is 67.4 Å². The highest BCUT2D eigenvalue weighted by Crippen LogP contribution is 2.24. The van der Waals surface area contributed by atoms with Crippen LogP contribution in [0.4, 0.5) is 0 Å². The number of nitrogens with one attached hydrogen (secondary N) is 2. The Balaban J connectivity index is 1.37. The molecule has 1 fully saturated rings. The molecule has 0 radical (unpaired) electrons. The Morgan fingerprint density at radius 1 is 1.00 bits per heavy atom. The van der Waals surface area contributed by atoms with Crippen molar-refractivity contribution in [2.75, 3.05) is 6.54 Å². The minimum absolute atomic E-state index is 0.00256.